The number of ether oxygens (including phenoxy) is 2. The standard InChI is InChI=1S/C17H13F3O5/c18-17(19,20)7-14-12(16(21)22)6-11-2-1-3-13(15(11)25-14)24-9-10-4-5-23-8-10/h1-6,8,14H,7,9H2,(H,21,22). The summed E-state index contributed by atoms with van der Waals surface area (Å²) >= 11 is 0. The van der Waals surface area contributed by atoms with Crippen LogP contribution in [0, 0.1) is 0 Å². The molecule has 132 valence electrons. The second-order valence-corrected chi connectivity index (χ2v) is 5.43. The first-order valence-corrected chi connectivity index (χ1v) is 7.28. The second-order valence-electron chi connectivity index (χ2n) is 5.43. The number of hydrogen-bond acceptors (Lipinski definition) is 4. The zero-order chi connectivity index (χ0) is 18.0. The summed E-state index contributed by atoms with van der Waals surface area (Å²) in [6, 6.07) is 6.38. The van der Waals surface area contributed by atoms with Crippen molar-refractivity contribution in [3.8, 4) is 11.5 Å². The van der Waals surface area contributed by atoms with Crippen LogP contribution in [0.4, 0.5) is 13.2 Å². The quantitative estimate of drug-likeness (QED) is 0.878. The molecule has 25 heavy (non-hydrogen) atoms. The molecule has 1 atom stereocenters. The molecule has 0 saturated carbocycles. The van der Waals surface area contributed by atoms with E-state index >= 15 is 0 Å². The summed E-state index contributed by atoms with van der Waals surface area (Å²) in [7, 11) is 0. The first-order valence-electron chi connectivity index (χ1n) is 7.28. The van der Waals surface area contributed by atoms with E-state index in [4.69, 9.17) is 13.9 Å². The molecule has 0 fully saturated rings. The highest BCUT2D eigenvalue weighted by molar-refractivity contribution is 5.95. The molecular weight excluding hydrogens is 341 g/mol. The fraction of sp³-hybridized carbons (Fsp3) is 0.235. The van der Waals surface area contributed by atoms with Crippen LogP contribution in [0.25, 0.3) is 6.08 Å². The smallest absolute Gasteiger partial charge is 0.392 e. The van der Waals surface area contributed by atoms with Crippen LogP contribution in [0.3, 0.4) is 0 Å². The van der Waals surface area contributed by atoms with Crippen molar-refractivity contribution in [3.63, 3.8) is 0 Å². The molecule has 2 heterocycles. The van der Waals surface area contributed by atoms with Crippen LogP contribution in [0.15, 0.2) is 46.8 Å². The van der Waals surface area contributed by atoms with Crippen molar-refractivity contribution in [3.05, 3.63) is 53.5 Å². The van der Waals surface area contributed by atoms with Crippen LogP contribution in [0.2, 0.25) is 0 Å². The summed E-state index contributed by atoms with van der Waals surface area (Å²) in [4.78, 5) is 11.3. The van der Waals surface area contributed by atoms with Gasteiger partial charge in [-0.3, -0.25) is 0 Å². The second kappa shape index (κ2) is 6.54. The third kappa shape index (κ3) is 3.96. The zero-order valence-corrected chi connectivity index (χ0v) is 12.7. The lowest BCUT2D eigenvalue weighted by Gasteiger charge is -2.27. The number of alkyl halides is 3. The summed E-state index contributed by atoms with van der Waals surface area (Å²) in [6.07, 6.45) is -3.47. The number of aliphatic carboxylic acids is 1. The maximum atomic E-state index is 12.7. The third-order valence-corrected chi connectivity index (χ3v) is 3.57. The van der Waals surface area contributed by atoms with Gasteiger partial charge in [-0.25, -0.2) is 4.79 Å². The van der Waals surface area contributed by atoms with Gasteiger partial charge in [0, 0.05) is 11.1 Å². The van der Waals surface area contributed by atoms with Gasteiger partial charge in [-0.15, -0.1) is 0 Å². The lowest BCUT2D eigenvalue weighted by molar-refractivity contribution is -0.150. The van der Waals surface area contributed by atoms with Gasteiger partial charge < -0.3 is 19.0 Å². The predicted molar refractivity (Wildman–Crippen MR) is 80.2 cm³/mol. The van der Waals surface area contributed by atoms with Gasteiger partial charge in [0.1, 0.15) is 12.7 Å². The van der Waals surface area contributed by atoms with E-state index in [0.717, 1.165) is 5.56 Å². The molecule has 0 saturated heterocycles. The number of furan rings is 1. The Morgan fingerprint density at radius 3 is 2.72 bits per heavy atom. The topological polar surface area (TPSA) is 68.9 Å². The molecule has 5 nitrogen and oxygen atoms in total. The highest BCUT2D eigenvalue weighted by Crippen LogP contribution is 2.40. The molecule has 1 aliphatic heterocycles. The summed E-state index contributed by atoms with van der Waals surface area (Å²) in [5.41, 5.74) is 0.638. The molecule has 1 unspecified atom stereocenters. The van der Waals surface area contributed by atoms with Crippen LogP contribution in [-0.4, -0.2) is 23.4 Å². The first kappa shape index (κ1) is 16.9. The maximum absolute atomic E-state index is 12.7. The maximum Gasteiger partial charge on any atom is 0.392 e. The Hall–Kier alpha value is -2.90. The minimum absolute atomic E-state index is 0.0882. The summed E-state index contributed by atoms with van der Waals surface area (Å²) < 4.78 is 54.1. The highest BCUT2D eigenvalue weighted by Gasteiger charge is 2.39. The van der Waals surface area contributed by atoms with Gasteiger partial charge in [0.2, 0.25) is 0 Å². The minimum Gasteiger partial charge on any atom is -0.485 e. The summed E-state index contributed by atoms with van der Waals surface area (Å²) in [6.45, 7) is 0.135. The number of benzene rings is 1. The van der Waals surface area contributed by atoms with E-state index in [1.807, 2.05) is 0 Å². The number of carbonyl (C=O) groups is 1. The molecule has 0 amide bonds. The minimum atomic E-state index is -4.57. The lowest BCUT2D eigenvalue weighted by Crippen LogP contribution is -2.32. The van der Waals surface area contributed by atoms with Crippen LogP contribution in [0.5, 0.6) is 11.5 Å². The predicted octanol–water partition coefficient (Wildman–Crippen LogP) is 4.04. The van der Waals surface area contributed by atoms with Gasteiger partial charge in [-0.2, -0.15) is 13.2 Å². The van der Waals surface area contributed by atoms with E-state index in [-0.39, 0.29) is 18.1 Å². The van der Waals surface area contributed by atoms with E-state index in [1.54, 1.807) is 24.3 Å². The average molecular weight is 354 g/mol. The number of hydrogen-bond donors (Lipinski definition) is 1. The SMILES string of the molecule is O=C(O)C1=Cc2cccc(OCc3ccoc3)c2OC1CC(F)(F)F. The molecule has 0 spiro atoms. The number of para-hydroxylation sites is 1. The molecule has 0 bridgehead atoms. The van der Waals surface area contributed by atoms with E-state index < -0.39 is 30.2 Å². The van der Waals surface area contributed by atoms with Gasteiger partial charge in [-0.1, -0.05) is 12.1 Å². The van der Waals surface area contributed by atoms with Gasteiger partial charge in [0.15, 0.2) is 11.5 Å². The Balaban J connectivity index is 1.90. The Bertz CT molecular complexity index is 793. The van der Waals surface area contributed by atoms with Crippen molar-refractivity contribution in [2.45, 2.75) is 25.3 Å². The first-order chi connectivity index (χ1) is 11.8. The van der Waals surface area contributed by atoms with Crippen LogP contribution >= 0.6 is 0 Å². The zero-order valence-electron chi connectivity index (χ0n) is 12.7. The molecule has 1 aromatic heterocycles. The number of carboxylic acids is 1. The third-order valence-electron chi connectivity index (χ3n) is 3.57. The van der Waals surface area contributed by atoms with Crippen LogP contribution in [0.1, 0.15) is 17.5 Å². The fourth-order valence-corrected chi connectivity index (χ4v) is 2.45. The normalized spacial score (nSPS) is 16.6. The van der Waals surface area contributed by atoms with E-state index in [9.17, 15) is 23.1 Å². The van der Waals surface area contributed by atoms with Gasteiger partial charge in [-0.05, 0) is 18.2 Å². The van der Waals surface area contributed by atoms with Gasteiger partial charge in [0.25, 0.3) is 0 Å². The number of fused-ring (bicyclic) bond motifs is 1. The van der Waals surface area contributed by atoms with Crippen molar-refractivity contribution >= 4 is 12.0 Å². The number of halogens is 3. The van der Waals surface area contributed by atoms with Crippen molar-refractivity contribution in [2.75, 3.05) is 0 Å². The molecule has 2 aromatic rings. The summed E-state index contributed by atoms with van der Waals surface area (Å²) in [5, 5.41) is 9.17. The Kier molecular flexibility index (Phi) is 4.43. The van der Waals surface area contributed by atoms with Crippen LogP contribution < -0.4 is 9.47 Å². The average Bonchev–Trinajstić information content (AvgIpc) is 3.04. The Morgan fingerprint density at radius 2 is 2.08 bits per heavy atom. The number of carboxylic acid groups (broad SMARTS) is 1. The molecule has 8 heteroatoms. The van der Waals surface area contributed by atoms with E-state index in [2.05, 4.69) is 0 Å². The van der Waals surface area contributed by atoms with Crippen LogP contribution in [-0.2, 0) is 11.4 Å². The van der Waals surface area contributed by atoms with E-state index in [1.165, 1.54) is 18.6 Å². The molecule has 0 radical (unpaired) electrons. The fourth-order valence-electron chi connectivity index (χ4n) is 2.45. The van der Waals surface area contributed by atoms with Gasteiger partial charge in [0.05, 0.1) is 24.5 Å². The Morgan fingerprint density at radius 1 is 1.28 bits per heavy atom. The molecule has 0 aliphatic carbocycles. The monoisotopic (exact) mass is 354 g/mol. The van der Waals surface area contributed by atoms with Crippen molar-refractivity contribution < 1.29 is 37.0 Å². The highest BCUT2D eigenvalue weighted by atomic mass is 19.4. The molecule has 3 rings (SSSR count). The van der Waals surface area contributed by atoms with Crippen molar-refractivity contribution in [1.82, 2.24) is 0 Å². The molecular formula is C17H13F3O5. The van der Waals surface area contributed by atoms with Crippen molar-refractivity contribution in [1.29, 1.82) is 0 Å². The van der Waals surface area contributed by atoms with Gasteiger partial charge >= 0.3 is 12.1 Å². The van der Waals surface area contributed by atoms with Crippen molar-refractivity contribution in [2.24, 2.45) is 0 Å². The lowest BCUT2D eigenvalue weighted by atomic mass is 9.99. The number of rotatable bonds is 5. The summed E-state index contributed by atoms with van der Waals surface area (Å²) in [5.74, 6) is -1.14. The van der Waals surface area contributed by atoms with E-state index in [0.29, 0.717) is 5.56 Å². The molecule has 1 aromatic carbocycles. The molecule has 1 N–H and O–H groups in total. The largest absolute Gasteiger partial charge is 0.485 e. The molecule has 1 aliphatic rings. The Labute approximate surface area is 140 Å².